The lowest BCUT2D eigenvalue weighted by molar-refractivity contribution is -0.151. The van der Waals surface area contributed by atoms with Gasteiger partial charge in [0.05, 0.1) is 11.3 Å². The third kappa shape index (κ3) is 2.80. The predicted octanol–water partition coefficient (Wildman–Crippen LogP) is 1.92. The summed E-state index contributed by atoms with van der Waals surface area (Å²) in [7, 11) is 1.81. The summed E-state index contributed by atoms with van der Waals surface area (Å²) in [5.74, 6) is 0.651. The van der Waals surface area contributed by atoms with E-state index in [1.165, 1.54) is 0 Å². The van der Waals surface area contributed by atoms with Crippen molar-refractivity contribution in [2.75, 3.05) is 13.7 Å². The molecule has 3 rings (SSSR count). The van der Waals surface area contributed by atoms with E-state index in [1.807, 2.05) is 51.2 Å². The van der Waals surface area contributed by atoms with Crippen LogP contribution in [0.25, 0.3) is 5.69 Å². The van der Waals surface area contributed by atoms with Gasteiger partial charge in [0, 0.05) is 33.4 Å². The fourth-order valence-electron chi connectivity index (χ4n) is 3.49. The maximum atomic E-state index is 12.2. The summed E-state index contributed by atoms with van der Waals surface area (Å²) in [4.78, 5) is 14.0. The van der Waals surface area contributed by atoms with E-state index in [-0.39, 0.29) is 11.5 Å². The molecule has 128 valence electrons. The van der Waals surface area contributed by atoms with Gasteiger partial charge in [0.2, 0.25) is 5.91 Å². The highest BCUT2D eigenvalue weighted by Gasteiger charge is 2.49. The van der Waals surface area contributed by atoms with Gasteiger partial charge in [0.25, 0.3) is 0 Å². The average molecular weight is 329 g/mol. The molecule has 0 N–H and O–H groups in total. The molecule has 1 aromatic heterocycles. The van der Waals surface area contributed by atoms with Crippen LogP contribution in [0, 0.1) is 0 Å². The summed E-state index contributed by atoms with van der Waals surface area (Å²) in [6.45, 7) is 6.18. The molecule has 0 saturated carbocycles. The van der Waals surface area contributed by atoms with E-state index >= 15 is 0 Å². The van der Waals surface area contributed by atoms with Crippen LogP contribution >= 0.6 is 0 Å². The molecule has 7 heteroatoms. The molecule has 0 radical (unpaired) electrons. The Morgan fingerprint density at radius 1 is 1.29 bits per heavy atom. The third-order valence-corrected chi connectivity index (χ3v) is 4.73. The van der Waals surface area contributed by atoms with Crippen molar-refractivity contribution in [2.24, 2.45) is 0 Å². The molecule has 2 heterocycles. The number of para-hydroxylation sites is 1. The van der Waals surface area contributed by atoms with Gasteiger partial charge in [-0.1, -0.05) is 18.2 Å². The van der Waals surface area contributed by atoms with Crippen LogP contribution in [0.15, 0.2) is 30.3 Å². The van der Waals surface area contributed by atoms with Crippen molar-refractivity contribution in [1.82, 2.24) is 25.1 Å². The molecule has 1 aromatic carbocycles. The van der Waals surface area contributed by atoms with Gasteiger partial charge in [-0.15, -0.1) is 5.10 Å². The van der Waals surface area contributed by atoms with Crippen molar-refractivity contribution >= 4 is 5.91 Å². The lowest BCUT2D eigenvalue weighted by Crippen LogP contribution is -2.55. The first kappa shape index (κ1) is 16.6. The fraction of sp³-hybridized carbons (Fsp3) is 0.529. The molecule has 1 aliphatic rings. The minimum Gasteiger partial charge on any atom is -0.375 e. The Balaban J connectivity index is 2.15. The van der Waals surface area contributed by atoms with E-state index in [0.717, 1.165) is 5.69 Å². The molecule has 1 fully saturated rings. The molecule has 7 nitrogen and oxygen atoms in total. The van der Waals surface area contributed by atoms with Crippen molar-refractivity contribution in [1.29, 1.82) is 0 Å². The van der Waals surface area contributed by atoms with Crippen molar-refractivity contribution in [2.45, 2.75) is 44.8 Å². The average Bonchev–Trinajstić information content (AvgIpc) is 3.04. The Morgan fingerprint density at radius 3 is 2.62 bits per heavy atom. The molecule has 0 bridgehead atoms. The molecule has 1 aliphatic heterocycles. The van der Waals surface area contributed by atoms with Crippen molar-refractivity contribution in [3.05, 3.63) is 36.2 Å². The lowest BCUT2D eigenvalue weighted by Gasteiger charge is -2.48. The number of tetrazole rings is 1. The number of benzene rings is 1. The number of aromatic nitrogens is 4. The Kier molecular flexibility index (Phi) is 4.13. The first-order valence-corrected chi connectivity index (χ1v) is 8.08. The van der Waals surface area contributed by atoms with Gasteiger partial charge >= 0.3 is 0 Å². The standard InChI is InChI=1S/C17H23N5O2/c1-13(23)21(4)17(10-11-24-16(2,3)12-17)15-18-19-20-22(15)14-8-6-5-7-9-14/h5-9H,10-12H2,1-4H3/t17-/m0/s1. The maximum absolute atomic E-state index is 12.2. The SMILES string of the molecule is CC(=O)N(C)[C@@]1(c2nnnn2-c2ccccc2)CCOC(C)(C)C1. The van der Waals surface area contributed by atoms with Crippen molar-refractivity contribution in [3.8, 4) is 5.69 Å². The van der Waals surface area contributed by atoms with Gasteiger partial charge in [0.1, 0.15) is 5.54 Å². The predicted molar refractivity (Wildman–Crippen MR) is 88.5 cm³/mol. The zero-order valence-electron chi connectivity index (χ0n) is 14.6. The summed E-state index contributed by atoms with van der Waals surface area (Å²) < 4.78 is 7.60. The fourth-order valence-corrected chi connectivity index (χ4v) is 3.49. The second kappa shape index (κ2) is 5.98. The molecular formula is C17H23N5O2. The van der Waals surface area contributed by atoms with Crippen LogP contribution in [0.2, 0.25) is 0 Å². The van der Waals surface area contributed by atoms with E-state index in [4.69, 9.17) is 4.74 Å². The number of carbonyl (C=O) groups excluding carboxylic acids is 1. The molecule has 0 aliphatic carbocycles. The number of nitrogens with zero attached hydrogens (tertiary/aromatic N) is 5. The van der Waals surface area contributed by atoms with Crippen LogP contribution < -0.4 is 0 Å². The Morgan fingerprint density at radius 2 is 2.00 bits per heavy atom. The Labute approximate surface area is 141 Å². The van der Waals surface area contributed by atoms with Crippen molar-refractivity contribution in [3.63, 3.8) is 0 Å². The summed E-state index contributed by atoms with van der Waals surface area (Å²) in [6, 6.07) is 9.73. The van der Waals surface area contributed by atoms with E-state index in [0.29, 0.717) is 25.3 Å². The first-order chi connectivity index (χ1) is 11.4. The second-order valence-corrected chi connectivity index (χ2v) is 6.89. The van der Waals surface area contributed by atoms with Crippen LogP contribution in [-0.2, 0) is 15.1 Å². The highest BCUT2D eigenvalue weighted by Crippen LogP contribution is 2.43. The Bertz CT molecular complexity index is 728. The number of amides is 1. The van der Waals surface area contributed by atoms with Crippen LogP contribution in [0.4, 0.5) is 0 Å². The van der Waals surface area contributed by atoms with Gasteiger partial charge in [0.15, 0.2) is 5.82 Å². The molecule has 0 spiro atoms. The summed E-state index contributed by atoms with van der Waals surface area (Å²) >= 11 is 0. The molecule has 1 saturated heterocycles. The van der Waals surface area contributed by atoms with E-state index < -0.39 is 5.54 Å². The zero-order chi connectivity index (χ0) is 17.4. The van der Waals surface area contributed by atoms with Crippen LogP contribution in [0.3, 0.4) is 0 Å². The number of ether oxygens (including phenoxy) is 1. The van der Waals surface area contributed by atoms with Gasteiger partial charge in [-0.2, -0.15) is 4.68 Å². The van der Waals surface area contributed by atoms with Crippen LogP contribution in [-0.4, -0.2) is 50.3 Å². The molecule has 2 aromatic rings. The third-order valence-electron chi connectivity index (χ3n) is 4.73. The molecule has 24 heavy (non-hydrogen) atoms. The van der Waals surface area contributed by atoms with Gasteiger partial charge < -0.3 is 9.64 Å². The number of hydrogen-bond acceptors (Lipinski definition) is 5. The summed E-state index contributed by atoms with van der Waals surface area (Å²) in [6.07, 6.45) is 1.28. The highest BCUT2D eigenvalue weighted by atomic mass is 16.5. The second-order valence-electron chi connectivity index (χ2n) is 6.89. The zero-order valence-corrected chi connectivity index (χ0v) is 14.6. The maximum Gasteiger partial charge on any atom is 0.220 e. The molecule has 1 amide bonds. The number of rotatable bonds is 3. The summed E-state index contributed by atoms with van der Waals surface area (Å²) in [5, 5.41) is 12.4. The minimum atomic E-state index is -0.604. The number of carbonyl (C=O) groups is 1. The van der Waals surface area contributed by atoms with Gasteiger partial charge in [-0.05, 0) is 36.4 Å². The molecule has 0 unspecified atom stereocenters. The number of hydrogen-bond donors (Lipinski definition) is 0. The van der Waals surface area contributed by atoms with Gasteiger partial charge in [-0.25, -0.2) is 0 Å². The summed E-state index contributed by atoms with van der Waals surface area (Å²) in [5.41, 5.74) is -0.0966. The Hall–Kier alpha value is -2.28. The minimum absolute atomic E-state index is 0.0182. The quantitative estimate of drug-likeness (QED) is 0.860. The topological polar surface area (TPSA) is 73.1 Å². The van der Waals surface area contributed by atoms with Crippen molar-refractivity contribution < 1.29 is 9.53 Å². The molecule has 1 atom stereocenters. The normalized spacial score (nSPS) is 23.0. The molecular weight excluding hydrogens is 306 g/mol. The van der Waals surface area contributed by atoms with Gasteiger partial charge in [-0.3, -0.25) is 4.79 Å². The smallest absolute Gasteiger partial charge is 0.220 e. The largest absolute Gasteiger partial charge is 0.375 e. The van der Waals surface area contributed by atoms with Crippen LogP contribution in [0.1, 0.15) is 39.4 Å². The monoisotopic (exact) mass is 329 g/mol. The first-order valence-electron chi connectivity index (χ1n) is 8.08. The van der Waals surface area contributed by atoms with E-state index in [1.54, 1.807) is 16.5 Å². The van der Waals surface area contributed by atoms with E-state index in [2.05, 4.69) is 15.5 Å². The highest BCUT2D eigenvalue weighted by molar-refractivity contribution is 5.74. The van der Waals surface area contributed by atoms with E-state index in [9.17, 15) is 4.79 Å². The lowest BCUT2D eigenvalue weighted by atomic mass is 9.79. The van der Waals surface area contributed by atoms with Crippen LogP contribution in [0.5, 0.6) is 0 Å².